The summed E-state index contributed by atoms with van der Waals surface area (Å²) in [6.07, 6.45) is 6.18. The van der Waals surface area contributed by atoms with E-state index in [1.54, 1.807) is 6.20 Å². The third-order valence-electron chi connectivity index (χ3n) is 7.42. The van der Waals surface area contributed by atoms with Crippen LogP contribution in [-0.2, 0) is 4.74 Å². The van der Waals surface area contributed by atoms with Crippen LogP contribution in [0.25, 0.3) is 11.3 Å². The van der Waals surface area contributed by atoms with Gasteiger partial charge in [-0.1, -0.05) is 0 Å². The third kappa shape index (κ3) is 3.81. The van der Waals surface area contributed by atoms with Gasteiger partial charge in [-0.05, 0) is 49.7 Å². The van der Waals surface area contributed by atoms with Gasteiger partial charge in [0.25, 0.3) is 0 Å². The zero-order valence-electron chi connectivity index (χ0n) is 17.8. The van der Waals surface area contributed by atoms with Crippen molar-refractivity contribution >= 4 is 5.82 Å². The highest BCUT2D eigenvalue weighted by molar-refractivity contribution is 5.64. The quantitative estimate of drug-likeness (QED) is 0.732. The van der Waals surface area contributed by atoms with Crippen LogP contribution in [0, 0.1) is 11.8 Å². The zero-order valence-corrected chi connectivity index (χ0v) is 17.8. The summed E-state index contributed by atoms with van der Waals surface area (Å²) >= 11 is 0. The molecule has 3 saturated carbocycles. The zero-order chi connectivity index (χ0) is 21.8. The predicted octanol–water partition coefficient (Wildman–Crippen LogP) is 3.42. The van der Waals surface area contributed by atoms with E-state index in [-0.39, 0.29) is 11.6 Å². The van der Waals surface area contributed by atoms with Crippen LogP contribution in [0.15, 0.2) is 18.3 Å². The molecule has 7 nitrogen and oxygen atoms in total. The standard InChI is InChI=1S/C23H27F2N5O2/c24-23(25)32-19-7-13(11-27-21(19)26)17-10-18(29-22(28-17)12-1-2-12)20-15-8-14(9-16(15)20)30-3-5-31-6-4-30/h7,10-12,14-16,20,23H,1-6,8-9H2,(H2,26,27). The minimum absolute atomic E-state index is 0.0587. The Kier molecular flexibility index (Phi) is 4.98. The number of alkyl halides is 2. The molecule has 0 amide bonds. The van der Waals surface area contributed by atoms with Crippen molar-refractivity contribution < 1.29 is 18.3 Å². The van der Waals surface area contributed by atoms with E-state index < -0.39 is 6.61 Å². The van der Waals surface area contributed by atoms with Gasteiger partial charge in [0.05, 0.1) is 18.9 Å². The summed E-state index contributed by atoms with van der Waals surface area (Å²) in [5.74, 6) is 2.87. The van der Waals surface area contributed by atoms with Crippen molar-refractivity contribution in [2.45, 2.75) is 50.2 Å². The Morgan fingerprint density at radius 2 is 1.84 bits per heavy atom. The fourth-order valence-corrected chi connectivity index (χ4v) is 5.61. The summed E-state index contributed by atoms with van der Waals surface area (Å²) in [5, 5.41) is 0. The molecule has 0 spiro atoms. The highest BCUT2D eigenvalue weighted by atomic mass is 19.3. The number of hydrogen-bond donors (Lipinski definition) is 1. The van der Waals surface area contributed by atoms with E-state index in [0.29, 0.717) is 41.0 Å². The van der Waals surface area contributed by atoms with Gasteiger partial charge < -0.3 is 15.2 Å². The lowest BCUT2D eigenvalue weighted by molar-refractivity contribution is -0.0494. The monoisotopic (exact) mass is 443 g/mol. The van der Waals surface area contributed by atoms with E-state index in [2.05, 4.69) is 14.6 Å². The fraction of sp³-hybridized carbons (Fsp3) is 0.609. The van der Waals surface area contributed by atoms with E-state index in [0.717, 1.165) is 50.7 Å². The van der Waals surface area contributed by atoms with Crippen molar-refractivity contribution in [3.8, 4) is 17.0 Å². The van der Waals surface area contributed by atoms with Crippen LogP contribution < -0.4 is 10.5 Å². The number of aromatic nitrogens is 3. The topological polar surface area (TPSA) is 86.4 Å². The molecule has 9 heteroatoms. The first-order valence-electron chi connectivity index (χ1n) is 11.5. The molecule has 1 aliphatic heterocycles. The molecule has 4 aliphatic rings. The Morgan fingerprint density at radius 1 is 1.09 bits per heavy atom. The average molecular weight is 443 g/mol. The molecular weight excluding hydrogens is 416 g/mol. The van der Waals surface area contributed by atoms with E-state index in [9.17, 15) is 8.78 Å². The third-order valence-corrected chi connectivity index (χ3v) is 7.42. The Hall–Kier alpha value is -2.39. The molecule has 2 aromatic heterocycles. The van der Waals surface area contributed by atoms with Gasteiger partial charge in [-0.25, -0.2) is 15.0 Å². The molecule has 1 saturated heterocycles. The van der Waals surface area contributed by atoms with Gasteiger partial charge in [0.1, 0.15) is 5.82 Å². The highest BCUT2D eigenvalue weighted by Crippen LogP contribution is 2.63. The lowest BCUT2D eigenvalue weighted by Crippen LogP contribution is -2.43. The number of ether oxygens (including phenoxy) is 2. The van der Waals surface area contributed by atoms with Crippen molar-refractivity contribution in [2.75, 3.05) is 32.0 Å². The van der Waals surface area contributed by atoms with Crippen molar-refractivity contribution in [3.05, 3.63) is 29.8 Å². The number of morpholine rings is 1. The van der Waals surface area contributed by atoms with Crippen molar-refractivity contribution in [3.63, 3.8) is 0 Å². The molecule has 0 radical (unpaired) electrons. The number of hydrogen-bond acceptors (Lipinski definition) is 7. The number of nitrogen functional groups attached to an aromatic ring is 1. The van der Waals surface area contributed by atoms with Gasteiger partial charge in [0.15, 0.2) is 11.6 Å². The molecule has 2 atom stereocenters. The van der Waals surface area contributed by atoms with E-state index in [1.807, 2.05) is 6.07 Å². The molecule has 2 unspecified atom stereocenters. The fourth-order valence-electron chi connectivity index (χ4n) is 5.61. The average Bonchev–Trinajstić information content (AvgIpc) is 3.72. The maximum atomic E-state index is 12.7. The maximum Gasteiger partial charge on any atom is 0.387 e. The lowest BCUT2D eigenvalue weighted by Gasteiger charge is -2.33. The summed E-state index contributed by atoms with van der Waals surface area (Å²) in [5.41, 5.74) is 8.13. The molecule has 2 N–H and O–H groups in total. The van der Waals surface area contributed by atoms with E-state index in [4.69, 9.17) is 20.4 Å². The van der Waals surface area contributed by atoms with Gasteiger partial charge in [-0.2, -0.15) is 8.78 Å². The van der Waals surface area contributed by atoms with Gasteiger partial charge >= 0.3 is 6.61 Å². The summed E-state index contributed by atoms with van der Waals surface area (Å²) in [7, 11) is 0. The summed E-state index contributed by atoms with van der Waals surface area (Å²) in [6, 6.07) is 4.17. The number of anilines is 1. The largest absolute Gasteiger partial charge is 0.431 e. The molecule has 170 valence electrons. The Morgan fingerprint density at radius 3 is 2.53 bits per heavy atom. The van der Waals surface area contributed by atoms with Gasteiger partial charge in [-0.15, -0.1) is 0 Å². The summed E-state index contributed by atoms with van der Waals surface area (Å²) in [4.78, 5) is 16.3. The molecule has 0 bridgehead atoms. The maximum absolute atomic E-state index is 12.7. The summed E-state index contributed by atoms with van der Waals surface area (Å²) < 4.78 is 35.5. The first-order chi connectivity index (χ1) is 15.6. The number of nitrogens with two attached hydrogens (primary N) is 1. The Bertz CT molecular complexity index is 1000. The molecule has 4 fully saturated rings. The second-order valence-electron chi connectivity index (χ2n) is 9.42. The van der Waals surface area contributed by atoms with E-state index >= 15 is 0 Å². The molecule has 3 heterocycles. The number of nitrogens with zero attached hydrogens (tertiary/aromatic N) is 4. The second-order valence-corrected chi connectivity index (χ2v) is 9.42. The Labute approximate surface area is 185 Å². The highest BCUT2D eigenvalue weighted by Gasteiger charge is 2.58. The predicted molar refractivity (Wildman–Crippen MR) is 113 cm³/mol. The molecular formula is C23H27F2N5O2. The molecule has 2 aromatic rings. The Balaban J connectivity index is 1.25. The SMILES string of the molecule is Nc1ncc(-c2cc(C3C4CC(N5CCOCC5)CC43)nc(C3CC3)n2)cc1OC(F)F. The van der Waals surface area contributed by atoms with Crippen LogP contribution in [0.1, 0.15) is 49.0 Å². The van der Waals surface area contributed by atoms with E-state index in [1.165, 1.54) is 18.9 Å². The van der Waals surface area contributed by atoms with Crippen LogP contribution >= 0.6 is 0 Å². The van der Waals surface area contributed by atoms with Crippen molar-refractivity contribution in [1.29, 1.82) is 0 Å². The number of rotatable bonds is 6. The van der Waals surface area contributed by atoms with Crippen LogP contribution in [0.3, 0.4) is 0 Å². The molecule has 3 aliphatic carbocycles. The second kappa shape index (κ2) is 7.88. The van der Waals surface area contributed by atoms with Crippen molar-refractivity contribution in [2.24, 2.45) is 11.8 Å². The van der Waals surface area contributed by atoms with Crippen LogP contribution in [0.4, 0.5) is 14.6 Å². The molecule has 6 rings (SSSR count). The van der Waals surface area contributed by atoms with Crippen LogP contribution in [0.2, 0.25) is 0 Å². The number of halogens is 2. The molecule has 32 heavy (non-hydrogen) atoms. The van der Waals surface area contributed by atoms with Gasteiger partial charge in [0.2, 0.25) is 0 Å². The smallest absolute Gasteiger partial charge is 0.387 e. The lowest BCUT2D eigenvalue weighted by atomic mass is 10.0. The minimum atomic E-state index is -2.96. The minimum Gasteiger partial charge on any atom is -0.431 e. The summed E-state index contributed by atoms with van der Waals surface area (Å²) in [6.45, 7) is 0.781. The molecule has 0 aromatic carbocycles. The number of pyridine rings is 1. The first-order valence-corrected chi connectivity index (χ1v) is 11.5. The normalized spacial score (nSPS) is 29.8. The van der Waals surface area contributed by atoms with Crippen molar-refractivity contribution in [1.82, 2.24) is 19.9 Å². The number of fused-ring (bicyclic) bond motifs is 1. The van der Waals surface area contributed by atoms with Gasteiger partial charge in [-0.3, -0.25) is 4.90 Å². The van der Waals surface area contributed by atoms with Crippen LogP contribution in [0.5, 0.6) is 5.75 Å². The van der Waals surface area contributed by atoms with Crippen LogP contribution in [-0.4, -0.2) is 58.8 Å². The first kappa shape index (κ1) is 20.2. The van der Waals surface area contributed by atoms with Gasteiger partial charge in [0, 0.05) is 48.4 Å².